The van der Waals surface area contributed by atoms with Crippen LogP contribution in [0.1, 0.15) is 75.3 Å². The van der Waals surface area contributed by atoms with Crippen LogP contribution >= 0.6 is 0 Å². The predicted molar refractivity (Wildman–Crippen MR) is 129 cm³/mol. The summed E-state index contributed by atoms with van der Waals surface area (Å²) in [5.41, 5.74) is 16.4. The summed E-state index contributed by atoms with van der Waals surface area (Å²) in [4.78, 5) is 0. The van der Waals surface area contributed by atoms with Crippen molar-refractivity contribution in [3.63, 3.8) is 0 Å². The standard InChI is InChI=1S/C20H19.C10H15.Hf/c1-2-5-15(6-3-1)9-10-17-13-14-18-12-11-16-7-4-8-19(16)20(17)18;1-6-7(2)9(4)10(5)8(6)3;/h1-3,5-6,11-12H,4,7-10,14H2;1-5H3;. The zero-order valence-electron chi connectivity index (χ0n) is 19.8. The molecular formula is C30H34Hf. The van der Waals surface area contributed by atoms with Crippen molar-refractivity contribution in [3.05, 3.63) is 95.9 Å². The van der Waals surface area contributed by atoms with Gasteiger partial charge in [0.2, 0.25) is 0 Å². The van der Waals surface area contributed by atoms with E-state index in [4.69, 9.17) is 0 Å². The molecule has 0 aromatic heterocycles. The molecule has 0 amide bonds. The minimum absolute atomic E-state index is 0.368. The van der Waals surface area contributed by atoms with Crippen LogP contribution in [0.15, 0.2) is 68.1 Å². The van der Waals surface area contributed by atoms with E-state index in [1.807, 2.05) is 3.33 Å². The van der Waals surface area contributed by atoms with Crippen LogP contribution in [-0.4, -0.2) is 0 Å². The van der Waals surface area contributed by atoms with Crippen molar-refractivity contribution in [2.45, 2.75) is 76.3 Å². The number of hydrogen-bond donors (Lipinski definition) is 0. The van der Waals surface area contributed by atoms with Gasteiger partial charge in [-0.1, -0.05) is 0 Å². The van der Waals surface area contributed by atoms with Crippen LogP contribution in [0.25, 0.3) is 5.57 Å². The van der Waals surface area contributed by atoms with E-state index < -0.39 is 22.9 Å². The van der Waals surface area contributed by atoms with E-state index in [9.17, 15) is 0 Å². The number of benzene rings is 2. The van der Waals surface area contributed by atoms with Crippen molar-refractivity contribution >= 4 is 5.57 Å². The van der Waals surface area contributed by atoms with Gasteiger partial charge in [0, 0.05) is 0 Å². The van der Waals surface area contributed by atoms with Crippen molar-refractivity contribution in [1.29, 1.82) is 0 Å². The van der Waals surface area contributed by atoms with Crippen LogP contribution in [0.2, 0.25) is 3.17 Å². The summed E-state index contributed by atoms with van der Waals surface area (Å²) in [5, 5.41) is 0. The van der Waals surface area contributed by atoms with Gasteiger partial charge in [0.1, 0.15) is 0 Å². The number of aryl methyl sites for hydroxylation is 2. The molecule has 2 aromatic rings. The molecule has 0 saturated carbocycles. The normalized spacial score (nSPS) is 19.4. The molecule has 2 aromatic carbocycles. The molecule has 0 N–H and O–H groups in total. The Labute approximate surface area is 199 Å². The van der Waals surface area contributed by atoms with Crippen LogP contribution in [0.5, 0.6) is 0 Å². The minimum atomic E-state index is -1.10. The van der Waals surface area contributed by atoms with Gasteiger partial charge in [0.05, 0.1) is 0 Å². The molecule has 0 aliphatic heterocycles. The van der Waals surface area contributed by atoms with Crippen molar-refractivity contribution in [1.82, 2.24) is 0 Å². The van der Waals surface area contributed by atoms with Crippen LogP contribution in [-0.2, 0) is 48.6 Å². The van der Waals surface area contributed by atoms with Gasteiger partial charge in [0.15, 0.2) is 0 Å². The summed E-state index contributed by atoms with van der Waals surface area (Å²) in [5.74, 6) is 0. The van der Waals surface area contributed by atoms with Crippen molar-refractivity contribution in [2.75, 3.05) is 0 Å². The summed E-state index contributed by atoms with van der Waals surface area (Å²) in [6.07, 6.45) is 7.55. The van der Waals surface area contributed by atoms with E-state index in [-0.39, 0.29) is 0 Å². The number of allylic oxidation sites excluding steroid dienone is 6. The van der Waals surface area contributed by atoms with E-state index in [0.717, 1.165) is 0 Å². The van der Waals surface area contributed by atoms with E-state index in [1.54, 1.807) is 50.1 Å². The molecular weight excluding hydrogens is 539 g/mol. The third-order valence-electron chi connectivity index (χ3n) is 8.50. The molecule has 0 spiro atoms. The van der Waals surface area contributed by atoms with Crippen LogP contribution < -0.4 is 0 Å². The molecule has 1 heteroatoms. The third kappa shape index (κ3) is 3.52. The van der Waals surface area contributed by atoms with Gasteiger partial charge in [-0.15, -0.1) is 0 Å². The summed E-state index contributed by atoms with van der Waals surface area (Å²) >= 11 is -1.10. The SMILES string of the molecule is CC1=C(C)[C](C)([Hf][C]2=C(CCc3ccccc3)c3c(ccc4c3CCC4)C2)C(C)=C1C. The molecule has 3 aliphatic carbocycles. The van der Waals surface area contributed by atoms with Crippen molar-refractivity contribution < 1.29 is 22.9 Å². The Hall–Kier alpha value is -1.47. The molecule has 31 heavy (non-hydrogen) atoms. The molecule has 158 valence electrons. The van der Waals surface area contributed by atoms with E-state index in [2.05, 4.69) is 77.1 Å². The zero-order valence-corrected chi connectivity index (χ0v) is 23.4. The Kier molecular flexibility index (Phi) is 5.62. The van der Waals surface area contributed by atoms with E-state index in [1.165, 1.54) is 44.1 Å². The first-order chi connectivity index (χ1) is 14.9. The first-order valence-electron chi connectivity index (χ1n) is 11.9. The average molecular weight is 573 g/mol. The van der Waals surface area contributed by atoms with Gasteiger partial charge < -0.3 is 0 Å². The molecule has 0 nitrogen and oxygen atoms in total. The van der Waals surface area contributed by atoms with Crippen molar-refractivity contribution in [3.8, 4) is 0 Å². The topological polar surface area (TPSA) is 0 Å². The summed E-state index contributed by atoms with van der Waals surface area (Å²) in [6, 6.07) is 16.1. The molecule has 0 bridgehead atoms. The first kappa shape index (κ1) is 21.4. The Bertz CT molecular complexity index is 1120. The fraction of sp³-hybridized carbons (Fsp3) is 0.400. The fourth-order valence-corrected chi connectivity index (χ4v) is 13.4. The number of fused-ring (bicyclic) bond motifs is 3. The second kappa shape index (κ2) is 8.14. The van der Waals surface area contributed by atoms with Crippen LogP contribution in [0.3, 0.4) is 0 Å². The van der Waals surface area contributed by atoms with Crippen LogP contribution in [0.4, 0.5) is 0 Å². The average Bonchev–Trinajstić information content (AvgIpc) is 3.42. The monoisotopic (exact) mass is 574 g/mol. The Balaban J connectivity index is 1.56. The number of hydrogen-bond acceptors (Lipinski definition) is 0. The van der Waals surface area contributed by atoms with Gasteiger partial charge in [0.25, 0.3) is 0 Å². The quantitative estimate of drug-likeness (QED) is 0.318. The van der Waals surface area contributed by atoms with Crippen molar-refractivity contribution in [2.24, 2.45) is 0 Å². The Morgan fingerprint density at radius 2 is 1.48 bits per heavy atom. The van der Waals surface area contributed by atoms with Crippen LogP contribution in [0, 0.1) is 0 Å². The predicted octanol–water partition coefficient (Wildman–Crippen LogP) is 8.02. The molecule has 0 unspecified atom stereocenters. The molecule has 0 radical (unpaired) electrons. The van der Waals surface area contributed by atoms with Gasteiger partial charge >= 0.3 is 201 Å². The molecule has 0 atom stereocenters. The van der Waals surface area contributed by atoms with E-state index >= 15 is 0 Å². The first-order valence-corrected chi connectivity index (χ1v) is 15.5. The van der Waals surface area contributed by atoms with Gasteiger partial charge in [-0.3, -0.25) is 0 Å². The summed E-state index contributed by atoms with van der Waals surface area (Å²) in [6.45, 7) is 12.1. The molecule has 0 fully saturated rings. The second-order valence-corrected chi connectivity index (χ2v) is 16.6. The molecule has 0 heterocycles. The van der Waals surface area contributed by atoms with Gasteiger partial charge in [-0.05, 0) is 0 Å². The third-order valence-corrected chi connectivity index (χ3v) is 15.8. The second-order valence-electron chi connectivity index (χ2n) is 9.96. The molecule has 5 rings (SSSR count). The summed E-state index contributed by atoms with van der Waals surface area (Å²) < 4.78 is 2.27. The Morgan fingerprint density at radius 3 is 2.19 bits per heavy atom. The molecule has 3 aliphatic rings. The van der Waals surface area contributed by atoms with Gasteiger partial charge in [-0.2, -0.15) is 0 Å². The molecule has 0 saturated heterocycles. The Morgan fingerprint density at radius 1 is 0.806 bits per heavy atom. The van der Waals surface area contributed by atoms with E-state index in [0.29, 0.717) is 3.17 Å². The maximum absolute atomic E-state index is 2.58. The van der Waals surface area contributed by atoms with Gasteiger partial charge in [-0.25, -0.2) is 0 Å². The fourth-order valence-electron chi connectivity index (χ4n) is 6.08. The number of rotatable bonds is 5. The zero-order chi connectivity index (χ0) is 21.8. The summed E-state index contributed by atoms with van der Waals surface area (Å²) in [7, 11) is 0. The maximum atomic E-state index is 2.58.